The zero-order valence-electron chi connectivity index (χ0n) is 9.83. The van der Waals surface area contributed by atoms with E-state index in [0.29, 0.717) is 24.3 Å². The number of thiazole rings is 1. The fraction of sp³-hybridized carbons (Fsp3) is 0.143. The maximum absolute atomic E-state index is 12.0. The van der Waals surface area contributed by atoms with Crippen molar-refractivity contribution in [3.8, 4) is 5.75 Å². The Morgan fingerprint density at radius 3 is 3.11 bits per heavy atom. The molecule has 3 nitrogen and oxygen atoms in total. The lowest BCUT2D eigenvalue weighted by Crippen LogP contribution is -2.03. The maximum Gasteiger partial charge on any atom is 0.169 e. The van der Waals surface area contributed by atoms with Crippen molar-refractivity contribution in [1.82, 2.24) is 4.98 Å². The Labute approximate surface area is 110 Å². The SMILES string of the molecule is C=CCOc1cccc(C(=O)Cc2nccs2)c1. The van der Waals surface area contributed by atoms with Gasteiger partial charge in [0.1, 0.15) is 17.4 Å². The van der Waals surface area contributed by atoms with Gasteiger partial charge in [-0.2, -0.15) is 0 Å². The molecule has 0 bridgehead atoms. The first kappa shape index (κ1) is 12.5. The summed E-state index contributed by atoms with van der Waals surface area (Å²) in [5.74, 6) is 0.730. The molecule has 2 rings (SSSR count). The molecule has 0 spiro atoms. The van der Waals surface area contributed by atoms with E-state index in [4.69, 9.17) is 4.74 Å². The molecule has 18 heavy (non-hydrogen) atoms. The van der Waals surface area contributed by atoms with Crippen LogP contribution in [0.5, 0.6) is 5.75 Å². The van der Waals surface area contributed by atoms with Crippen LogP contribution < -0.4 is 4.74 Å². The summed E-state index contributed by atoms with van der Waals surface area (Å²) in [6.45, 7) is 4.02. The van der Waals surface area contributed by atoms with Gasteiger partial charge >= 0.3 is 0 Å². The van der Waals surface area contributed by atoms with Crippen LogP contribution in [0.15, 0.2) is 48.5 Å². The summed E-state index contributed by atoms with van der Waals surface area (Å²) >= 11 is 1.49. The number of aromatic nitrogens is 1. The highest BCUT2D eigenvalue weighted by molar-refractivity contribution is 7.09. The van der Waals surface area contributed by atoms with Crippen molar-refractivity contribution in [3.05, 3.63) is 59.1 Å². The van der Waals surface area contributed by atoms with Crippen LogP contribution >= 0.6 is 11.3 Å². The van der Waals surface area contributed by atoms with Crippen molar-refractivity contribution in [2.24, 2.45) is 0 Å². The summed E-state index contributed by atoms with van der Waals surface area (Å²) in [7, 11) is 0. The number of ketones is 1. The fourth-order valence-corrected chi connectivity index (χ4v) is 2.11. The number of hydrogen-bond acceptors (Lipinski definition) is 4. The summed E-state index contributed by atoms with van der Waals surface area (Å²) in [6, 6.07) is 7.17. The topological polar surface area (TPSA) is 39.2 Å². The molecule has 92 valence electrons. The standard InChI is InChI=1S/C14H13NO2S/c1-2-7-17-12-5-3-4-11(9-12)13(16)10-14-15-6-8-18-14/h2-6,8-9H,1,7,10H2. The van der Waals surface area contributed by atoms with E-state index in [0.717, 1.165) is 5.01 Å². The number of carbonyl (C=O) groups excluding carboxylic acids is 1. The molecule has 0 atom stereocenters. The van der Waals surface area contributed by atoms with Crippen LogP contribution in [-0.2, 0) is 6.42 Å². The zero-order valence-corrected chi connectivity index (χ0v) is 10.7. The van der Waals surface area contributed by atoms with Crippen LogP contribution in [-0.4, -0.2) is 17.4 Å². The molecule has 0 unspecified atom stereocenters. The molecule has 0 radical (unpaired) electrons. The van der Waals surface area contributed by atoms with E-state index in [1.54, 1.807) is 24.4 Å². The summed E-state index contributed by atoms with van der Waals surface area (Å²) in [6.07, 6.45) is 3.71. The number of carbonyl (C=O) groups is 1. The second kappa shape index (κ2) is 6.12. The van der Waals surface area contributed by atoms with E-state index in [9.17, 15) is 4.79 Å². The molecule has 0 aliphatic carbocycles. The molecular weight excluding hydrogens is 246 g/mol. The third kappa shape index (κ3) is 3.28. The Morgan fingerprint density at radius 2 is 2.39 bits per heavy atom. The highest BCUT2D eigenvalue weighted by atomic mass is 32.1. The summed E-state index contributed by atoms with van der Waals surface area (Å²) < 4.78 is 5.40. The van der Waals surface area contributed by atoms with Crippen LogP contribution in [0.1, 0.15) is 15.4 Å². The van der Waals surface area contributed by atoms with Gasteiger partial charge < -0.3 is 4.74 Å². The van der Waals surface area contributed by atoms with Gasteiger partial charge in [0, 0.05) is 17.1 Å². The summed E-state index contributed by atoms with van der Waals surface area (Å²) in [5.41, 5.74) is 0.645. The number of hydrogen-bond donors (Lipinski definition) is 0. The number of nitrogens with zero attached hydrogens (tertiary/aromatic N) is 1. The van der Waals surface area contributed by atoms with Crippen molar-refractivity contribution < 1.29 is 9.53 Å². The minimum atomic E-state index is 0.0500. The van der Waals surface area contributed by atoms with Gasteiger partial charge in [0.05, 0.1) is 6.42 Å². The van der Waals surface area contributed by atoms with E-state index in [1.165, 1.54) is 11.3 Å². The molecule has 2 aromatic rings. The molecule has 0 amide bonds. The Bertz CT molecular complexity index is 534. The monoisotopic (exact) mass is 259 g/mol. The first-order valence-electron chi connectivity index (χ1n) is 5.55. The van der Waals surface area contributed by atoms with Crippen molar-refractivity contribution in [2.45, 2.75) is 6.42 Å². The highest BCUT2D eigenvalue weighted by Crippen LogP contribution is 2.16. The van der Waals surface area contributed by atoms with Gasteiger partial charge in [-0.15, -0.1) is 11.3 Å². The highest BCUT2D eigenvalue weighted by Gasteiger charge is 2.09. The maximum atomic E-state index is 12.0. The van der Waals surface area contributed by atoms with Crippen molar-refractivity contribution in [1.29, 1.82) is 0 Å². The molecule has 1 heterocycles. The van der Waals surface area contributed by atoms with Gasteiger partial charge in [0.25, 0.3) is 0 Å². The quantitative estimate of drug-likeness (QED) is 0.591. The predicted molar refractivity (Wildman–Crippen MR) is 72.3 cm³/mol. The van der Waals surface area contributed by atoms with Crippen molar-refractivity contribution >= 4 is 17.1 Å². The molecule has 1 aromatic carbocycles. The molecule has 0 aliphatic rings. The summed E-state index contributed by atoms with van der Waals surface area (Å²) in [5, 5.41) is 2.70. The third-order valence-corrected chi connectivity index (χ3v) is 3.10. The largest absolute Gasteiger partial charge is 0.490 e. The first-order chi connectivity index (χ1) is 8.79. The smallest absolute Gasteiger partial charge is 0.169 e. The van der Waals surface area contributed by atoms with Gasteiger partial charge in [-0.05, 0) is 12.1 Å². The van der Waals surface area contributed by atoms with Crippen LogP contribution in [0.4, 0.5) is 0 Å². The molecule has 0 saturated carbocycles. The van der Waals surface area contributed by atoms with Crippen molar-refractivity contribution in [3.63, 3.8) is 0 Å². The number of Topliss-reactive ketones (excluding diaryl/α,β-unsaturated/α-hetero) is 1. The van der Waals surface area contributed by atoms with E-state index in [-0.39, 0.29) is 5.78 Å². The zero-order chi connectivity index (χ0) is 12.8. The summed E-state index contributed by atoms with van der Waals surface area (Å²) in [4.78, 5) is 16.1. The minimum Gasteiger partial charge on any atom is -0.490 e. The molecule has 0 fully saturated rings. The number of rotatable bonds is 6. The molecule has 4 heteroatoms. The Balaban J connectivity index is 2.07. The van der Waals surface area contributed by atoms with Gasteiger partial charge in [-0.1, -0.05) is 24.8 Å². The average Bonchev–Trinajstić information content (AvgIpc) is 2.89. The predicted octanol–water partition coefficient (Wildman–Crippen LogP) is 3.13. The number of benzene rings is 1. The van der Waals surface area contributed by atoms with E-state index in [2.05, 4.69) is 11.6 Å². The normalized spacial score (nSPS) is 10.0. The fourth-order valence-electron chi connectivity index (χ4n) is 1.49. The molecule has 0 saturated heterocycles. The second-order valence-electron chi connectivity index (χ2n) is 3.65. The molecule has 0 N–H and O–H groups in total. The average molecular weight is 259 g/mol. The Kier molecular flexibility index (Phi) is 4.25. The minimum absolute atomic E-state index is 0.0500. The van der Waals surface area contributed by atoms with Gasteiger partial charge in [-0.3, -0.25) is 4.79 Å². The molecule has 1 aromatic heterocycles. The number of ether oxygens (including phenoxy) is 1. The first-order valence-corrected chi connectivity index (χ1v) is 6.43. The van der Waals surface area contributed by atoms with Crippen molar-refractivity contribution in [2.75, 3.05) is 6.61 Å². The van der Waals surface area contributed by atoms with Crippen LogP contribution in [0.2, 0.25) is 0 Å². The van der Waals surface area contributed by atoms with Crippen LogP contribution in [0.25, 0.3) is 0 Å². The van der Waals surface area contributed by atoms with E-state index >= 15 is 0 Å². The molecule has 0 aliphatic heterocycles. The second-order valence-corrected chi connectivity index (χ2v) is 4.63. The molecular formula is C14H13NO2S. The Hall–Kier alpha value is -1.94. The lowest BCUT2D eigenvalue weighted by atomic mass is 10.1. The van der Waals surface area contributed by atoms with Gasteiger partial charge in [0.2, 0.25) is 0 Å². The Morgan fingerprint density at radius 1 is 1.50 bits per heavy atom. The van der Waals surface area contributed by atoms with Crippen LogP contribution in [0.3, 0.4) is 0 Å². The van der Waals surface area contributed by atoms with E-state index < -0.39 is 0 Å². The van der Waals surface area contributed by atoms with Crippen LogP contribution in [0, 0.1) is 0 Å². The lowest BCUT2D eigenvalue weighted by Gasteiger charge is -2.05. The third-order valence-electron chi connectivity index (χ3n) is 2.32. The van der Waals surface area contributed by atoms with Gasteiger partial charge in [0.15, 0.2) is 5.78 Å². The van der Waals surface area contributed by atoms with E-state index in [1.807, 2.05) is 17.5 Å². The van der Waals surface area contributed by atoms with Gasteiger partial charge in [-0.25, -0.2) is 4.98 Å². The lowest BCUT2D eigenvalue weighted by molar-refractivity contribution is 0.0992.